The summed E-state index contributed by atoms with van der Waals surface area (Å²) < 4.78 is 0. The first-order valence-electron chi connectivity index (χ1n) is 11.4. The summed E-state index contributed by atoms with van der Waals surface area (Å²) in [6.07, 6.45) is -0.768. The van der Waals surface area contributed by atoms with Crippen molar-refractivity contribution < 1.29 is 39.0 Å². The smallest absolute Gasteiger partial charge is 0.303 e. The summed E-state index contributed by atoms with van der Waals surface area (Å²) in [6.45, 7) is 7.30. The van der Waals surface area contributed by atoms with Gasteiger partial charge in [0.15, 0.2) is 0 Å². The van der Waals surface area contributed by atoms with Gasteiger partial charge in [-0.15, -0.1) is 0 Å². The molecule has 0 spiro atoms. The van der Waals surface area contributed by atoms with E-state index in [0.717, 1.165) is 0 Å². The van der Waals surface area contributed by atoms with Gasteiger partial charge in [-0.1, -0.05) is 27.7 Å². The summed E-state index contributed by atoms with van der Waals surface area (Å²) in [5, 5.41) is 28.2. The molecule has 0 radical (unpaired) electrons. The molecule has 1 fully saturated rings. The highest BCUT2D eigenvalue weighted by atomic mass is 16.4. The highest BCUT2D eigenvalue weighted by Crippen LogP contribution is 2.12. The molecule has 4 amide bonds. The van der Waals surface area contributed by atoms with Crippen LogP contribution in [0, 0.1) is 11.8 Å². The van der Waals surface area contributed by atoms with Crippen LogP contribution in [-0.2, 0) is 28.8 Å². The molecule has 34 heavy (non-hydrogen) atoms. The monoisotopic (exact) mass is 484 g/mol. The quantitative estimate of drug-likeness (QED) is 0.245. The predicted molar refractivity (Wildman–Crippen MR) is 120 cm³/mol. The lowest BCUT2D eigenvalue weighted by molar-refractivity contribution is -0.139. The van der Waals surface area contributed by atoms with Crippen molar-refractivity contribution in [2.45, 2.75) is 90.4 Å². The normalized spacial score (nSPS) is 24.4. The number of nitrogens with one attached hydrogen (secondary N) is 4. The minimum Gasteiger partial charge on any atom is -0.481 e. The molecule has 1 rings (SSSR count). The highest BCUT2D eigenvalue weighted by molar-refractivity contribution is 5.97. The molecule has 0 saturated carbocycles. The van der Waals surface area contributed by atoms with Gasteiger partial charge in [0.25, 0.3) is 0 Å². The van der Waals surface area contributed by atoms with Crippen LogP contribution in [0.3, 0.4) is 0 Å². The fourth-order valence-corrected chi connectivity index (χ4v) is 3.57. The van der Waals surface area contributed by atoms with Gasteiger partial charge in [-0.2, -0.15) is 0 Å². The third kappa shape index (κ3) is 10.2. The van der Waals surface area contributed by atoms with Crippen LogP contribution in [0.1, 0.15) is 66.2 Å². The van der Waals surface area contributed by atoms with Gasteiger partial charge in [0.05, 0.1) is 0 Å². The Balaban J connectivity index is 3.35. The molecule has 6 N–H and O–H groups in total. The van der Waals surface area contributed by atoms with Crippen LogP contribution in [0.4, 0.5) is 0 Å². The summed E-state index contributed by atoms with van der Waals surface area (Å²) in [7, 11) is 0. The van der Waals surface area contributed by atoms with Gasteiger partial charge in [0, 0.05) is 12.8 Å². The van der Waals surface area contributed by atoms with E-state index in [9.17, 15) is 28.8 Å². The van der Waals surface area contributed by atoms with Crippen molar-refractivity contribution in [3.05, 3.63) is 0 Å². The van der Waals surface area contributed by atoms with Gasteiger partial charge >= 0.3 is 11.9 Å². The highest BCUT2D eigenvalue weighted by Gasteiger charge is 2.34. The maximum atomic E-state index is 13.0. The molecule has 0 aromatic carbocycles. The lowest BCUT2D eigenvalue weighted by Crippen LogP contribution is -2.61. The van der Waals surface area contributed by atoms with Crippen molar-refractivity contribution in [2.24, 2.45) is 11.8 Å². The molecule has 192 valence electrons. The summed E-state index contributed by atoms with van der Waals surface area (Å²) >= 11 is 0. The summed E-state index contributed by atoms with van der Waals surface area (Å²) in [4.78, 5) is 74.0. The fourth-order valence-electron chi connectivity index (χ4n) is 3.57. The van der Waals surface area contributed by atoms with Crippen molar-refractivity contribution in [3.8, 4) is 0 Å². The average Bonchev–Trinajstić information content (AvgIpc) is 2.70. The van der Waals surface area contributed by atoms with Crippen LogP contribution in [0.15, 0.2) is 0 Å². The Kier molecular flexibility index (Phi) is 11.5. The number of carbonyl (C=O) groups excluding carboxylic acids is 4. The number of carboxylic acid groups (broad SMARTS) is 2. The van der Waals surface area contributed by atoms with Gasteiger partial charge < -0.3 is 31.5 Å². The lowest BCUT2D eigenvalue weighted by atomic mass is 9.99. The van der Waals surface area contributed by atoms with Crippen molar-refractivity contribution in [1.82, 2.24) is 21.3 Å². The lowest BCUT2D eigenvalue weighted by Gasteiger charge is -2.30. The van der Waals surface area contributed by atoms with Gasteiger partial charge in [-0.05, 0) is 37.5 Å². The molecular formula is C22H36N4O8. The summed E-state index contributed by atoms with van der Waals surface area (Å²) in [5.74, 6) is -5.14. The number of carbonyl (C=O) groups is 6. The Bertz CT molecular complexity index is 719. The van der Waals surface area contributed by atoms with Crippen LogP contribution in [-0.4, -0.2) is 69.9 Å². The van der Waals surface area contributed by atoms with E-state index in [1.807, 2.05) is 27.7 Å². The molecule has 0 aromatic rings. The maximum Gasteiger partial charge on any atom is 0.303 e. The SMILES string of the molecule is CC(C)C[C@H]1NC(=O)[C@@H](CCC(=O)O)NC(=O)[C@@H](CC(C)C)NC(=O)[C@@H](CCC(=O)O)NC1=O. The summed E-state index contributed by atoms with van der Waals surface area (Å²) in [6, 6.07) is -4.58. The molecule has 0 unspecified atom stereocenters. The van der Waals surface area contributed by atoms with Crippen molar-refractivity contribution in [1.29, 1.82) is 0 Å². The van der Waals surface area contributed by atoms with Gasteiger partial charge in [-0.25, -0.2) is 0 Å². The predicted octanol–water partition coefficient (Wildman–Crippen LogP) is -0.239. The molecule has 0 bridgehead atoms. The van der Waals surface area contributed by atoms with Crippen molar-refractivity contribution >= 4 is 35.6 Å². The first-order valence-corrected chi connectivity index (χ1v) is 11.4. The molecule has 1 aliphatic rings. The molecular weight excluding hydrogens is 448 g/mol. The van der Waals surface area contributed by atoms with Crippen LogP contribution in [0.25, 0.3) is 0 Å². The van der Waals surface area contributed by atoms with E-state index in [2.05, 4.69) is 21.3 Å². The van der Waals surface area contributed by atoms with Gasteiger partial charge in [0.1, 0.15) is 24.2 Å². The second kappa shape index (κ2) is 13.5. The fraction of sp³-hybridized carbons (Fsp3) is 0.727. The average molecular weight is 485 g/mol. The zero-order valence-electron chi connectivity index (χ0n) is 20.1. The summed E-state index contributed by atoms with van der Waals surface area (Å²) in [5.41, 5.74) is 0. The Labute approximate surface area is 198 Å². The van der Waals surface area contributed by atoms with Crippen molar-refractivity contribution in [3.63, 3.8) is 0 Å². The van der Waals surface area contributed by atoms with Crippen LogP contribution in [0.2, 0.25) is 0 Å². The number of hydrogen-bond acceptors (Lipinski definition) is 6. The first kappa shape index (κ1) is 28.9. The molecule has 4 atom stereocenters. The molecule has 12 nitrogen and oxygen atoms in total. The Morgan fingerprint density at radius 2 is 0.882 bits per heavy atom. The number of aliphatic carboxylic acids is 2. The van der Waals surface area contributed by atoms with Crippen molar-refractivity contribution in [2.75, 3.05) is 0 Å². The van der Waals surface area contributed by atoms with E-state index < -0.39 is 72.6 Å². The maximum absolute atomic E-state index is 13.0. The second-order valence-corrected chi connectivity index (χ2v) is 9.37. The van der Waals surface area contributed by atoms with E-state index in [-0.39, 0.29) is 37.5 Å². The molecule has 1 aliphatic heterocycles. The van der Waals surface area contributed by atoms with Crippen LogP contribution in [0.5, 0.6) is 0 Å². The number of hydrogen-bond donors (Lipinski definition) is 6. The third-order valence-corrected chi connectivity index (χ3v) is 5.24. The van der Waals surface area contributed by atoms with Crippen LogP contribution < -0.4 is 21.3 Å². The number of rotatable bonds is 10. The van der Waals surface area contributed by atoms with E-state index >= 15 is 0 Å². The third-order valence-electron chi connectivity index (χ3n) is 5.24. The molecule has 0 aromatic heterocycles. The van der Waals surface area contributed by atoms with E-state index in [1.165, 1.54) is 0 Å². The number of amides is 4. The van der Waals surface area contributed by atoms with Gasteiger partial charge in [0.2, 0.25) is 23.6 Å². The Morgan fingerprint density at radius 3 is 1.15 bits per heavy atom. The number of carboxylic acids is 2. The zero-order valence-corrected chi connectivity index (χ0v) is 20.1. The minimum absolute atomic E-state index is 0.0299. The van der Waals surface area contributed by atoms with E-state index in [4.69, 9.17) is 10.2 Å². The van der Waals surface area contributed by atoms with E-state index in [0.29, 0.717) is 0 Å². The largest absolute Gasteiger partial charge is 0.481 e. The molecule has 12 heteroatoms. The standard InChI is InChI=1S/C22H36N4O8/c1-11(2)9-15-21(33)23-14(6-8-18(29)30)20(32)26-16(10-12(3)4)22(34)24-13(19(31)25-15)5-7-17(27)28/h11-16H,5-10H2,1-4H3,(H,23,33)(H,24,34)(H,25,31)(H,26,32)(H,27,28)(H,29,30)/t13-,14-,15-,16-/m1/s1. The van der Waals surface area contributed by atoms with E-state index in [1.54, 1.807) is 0 Å². The Morgan fingerprint density at radius 1 is 0.618 bits per heavy atom. The zero-order chi connectivity index (χ0) is 26.0. The van der Waals surface area contributed by atoms with Gasteiger partial charge in [-0.3, -0.25) is 28.8 Å². The van der Waals surface area contributed by atoms with Crippen LogP contribution >= 0.6 is 0 Å². The molecule has 1 heterocycles. The minimum atomic E-state index is -1.22. The first-order chi connectivity index (χ1) is 15.8. The second-order valence-electron chi connectivity index (χ2n) is 9.37. The Hall–Kier alpha value is -3.18. The topological polar surface area (TPSA) is 191 Å². The molecule has 1 saturated heterocycles. The molecule has 0 aliphatic carbocycles.